The van der Waals surface area contributed by atoms with Crippen molar-refractivity contribution in [3.05, 3.63) is 0 Å². The Morgan fingerprint density at radius 3 is 2.25 bits per heavy atom. The van der Waals surface area contributed by atoms with Crippen LogP contribution in [0.5, 0.6) is 0 Å². The Morgan fingerprint density at radius 1 is 1.33 bits per heavy atom. The van der Waals surface area contributed by atoms with Gasteiger partial charge >= 0.3 is 0 Å². The van der Waals surface area contributed by atoms with Crippen LogP contribution in [0.1, 0.15) is 33.1 Å². The highest BCUT2D eigenvalue weighted by molar-refractivity contribution is 7.87. The molecule has 1 atom stereocenters. The van der Waals surface area contributed by atoms with Gasteiger partial charge < -0.3 is 0 Å². The van der Waals surface area contributed by atoms with Crippen molar-refractivity contribution in [2.45, 2.75) is 39.2 Å². The molecule has 4 nitrogen and oxygen atoms in total. The summed E-state index contributed by atoms with van der Waals surface area (Å²) < 4.78 is 26.8. The van der Waals surface area contributed by atoms with Gasteiger partial charge in [0.1, 0.15) is 0 Å². The van der Waals surface area contributed by atoms with Gasteiger partial charge in [0.15, 0.2) is 0 Å². The van der Waals surface area contributed by atoms with Crippen LogP contribution >= 0.6 is 0 Å². The van der Waals surface area contributed by atoms with Crippen molar-refractivity contribution in [3.8, 4) is 0 Å². The Bertz CT molecular complexity index is 201. The molecule has 0 aliphatic rings. The van der Waals surface area contributed by atoms with Crippen molar-refractivity contribution in [1.29, 1.82) is 0 Å². The third kappa shape index (κ3) is 4.69. The molecule has 0 rings (SSSR count). The zero-order valence-electron chi connectivity index (χ0n) is 7.92. The van der Waals surface area contributed by atoms with E-state index in [0.717, 1.165) is 19.3 Å². The van der Waals surface area contributed by atoms with Crippen molar-refractivity contribution in [3.63, 3.8) is 0 Å². The number of rotatable bonds is 6. The summed E-state index contributed by atoms with van der Waals surface area (Å²) in [6.07, 6.45) is 2.71. The summed E-state index contributed by atoms with van der Waals surface area (Å²) in [4.78, 5) is 0. The van der Waals surface area contributed by atoms with Crippen molar-refractivity contribution >= 4 is 10.2 Å². The summed E-state index contributed by atoms with van der Waals surface area (Å²) in [7, 11) is -1.85. The first-order valence-corrected chi connectivity index (χ1v) is 5.74. The van der Waals surface area contributed by atoms with E-state index < -0.39 is 10.2 Å². The van der Waals surface area contributed by atoms with Gasteiger partial charge in [-0.2, -0.15) is 13.1 Å². The van der Waals surface area contributed by atoms with Crippen LogP contribution in [0.3, 0.4) is 0 Å². The fourth-order valence-corrected chi connectivity index (χ4v) is 1.81. The van der Waals surface area contributed by atoms with Crippen LogP contribution in [-0.4, -0.2) is 21.5 Å². The second-order valence-corrected chi connectivity index (χ2v) is 4.37. The van der Waals surface area contributed by atoms with Gasteiger partial charge in [0.05, 0.1) is 0 Å². The summed E-state index contributed by atoms with van der Waals surface area (Å²) in [6, 6.07) is 0.0625. The lowest BCUT2D eigenvalue weighted by molar-refractivity contribution is 0.507. The lowest BCUT2D eigenvalue weighted by Gasteiger charge is -2.14. The van der Waals surface area contributed by atoms with Crippen LogP contribution in [0.15, 0.2) is 0 Å². The highest BCUT2D eigenvalue weighted by Crippen LogP contribution is 2.01. The maximum Gasteiger partial charge on any atom is 0.276 e. The van der Waals surface area contributed by atoms with Crippen molar-refractivity contribution in [2.75, 3.05) is 7.05 Å². The van der Waals surface area contributed by atoms with Gasteiger partial charge in [-0.25, -0.2) is 4.72 Å². The molecule has 0 amide bonds. The summed E-state index contributed by atoms with van der Waals surface area (Å²) in [5, 5.41) is 0. The molecular weight excluding hydrogens is 176 g/mol. The summed E-state index contributed by atoms with van der Waals surface area (Å²) in [5.41, 5.74) is 0. The van der Waals surface area contributed by atoms with Crippen molar-refractivity contribution in [1.82, 2.24) is 9.44 Å². The lowest BCUT2D eigenvalue weighted by atomic mass is 10.1. The van der Waals surface area contributed by atoms with Crippen molar-refractivity contribution in [2.24, 2.45) is 0 Å². The Labute approximate surface area is 74.9 Å². The predicted octanol–water partition coefficient (Wildman–Crippen LogP) is 0.619. The van der Waals surface area contributed by atoms with E-state index in [0.29, 0.717) is 0 Å². The minimum absolute atomic E-state index is 0.0625. The number of hydrogen-bond donors (Lipinski definition) is 2. The van der Waals surface area contributed by atoms with Gasteiger partial charge in [-0.3, -0.25) is 0 Å². The maximum atomic E-state index is 11.0. The summed E-state index contributed by atoms with van der Waals surface area (Å²) in [6.45, 7) is 4.01. The van der Waals surface area contributed by atoms with E-state index >= 15 is 0 Å². The van der Waals surface area contributed by atoms with E-state index in [1.165, 1.54) is 7.05 Å². The van der Waals surface area contributed by atoms with Crippen LogP contribution in [0.4, 0.5) is 0 Å². The molecule has 2 N–H and O–H groups in total. The molecule has 0 bridgehead atoms. The quantitative estimate of drug-likeness (QED) is 0.651. The molecule has 0 aromatic rings. The van der Waals surface area contributed by atoms with Gasteiger partial charge in [0.25, 0.3) is 10.2 Å². The Balaban J connectivity index is 4.02. The number of nitrogens with one attached hydrogen (secondary N) is 2. The molecule has 5 heteroatoms. The minimum Gasteiger partial charge on any atom is -0.205 e. The Kier molecular flexibility index (Phi) is 5.44. The fourth-order valence-electron chi connectivity index (χ4n) is 0.973. The SMILES string of the molecule is CCC[C@H](CC)NS(=O)(=O)NC. The van der Waals surface area contributed by atoms with Gasteiger partial charge in [-0.1, -0.05) is 20.3 Å². The highest BCUT2D eigenvalue weighted by Gasteiger charge is 2.12. The molecule has 0 aromatic carbocycles. The largest absolute Gasteiger partial charge is 0.276 e. The number of hydrogen-bond acceptors (Lipinski definition) is 2. The van der Waals surface area contributed by atoms with E-state index in [2.05, 4.69) is 9.44 Å². The third-order valence-corrected chi connectivity index (χ3v) is 2.90. The highest BCUT2D eigenvalue weighted by atomic mass is 32.2. The molecular formula is C7H18N2O2S. The smallest absolute Gasteiger partial charge is 0.205 e. The van der Waals surface area contributed by atoms with Crippen LogP contribution in [0, 0.1) is 0 Å². The topological polar surface area (TPSA) is 58.2 Å². The summed E-state index contributed by atoms with van der Waals surface area (Å²) in [5.74, 6) is 0. The minimum atomic E-state index is -3.25. The Hall–Kier alpha value is -0.130. The normalized spacial score (nSPS) is 14.6. The molecule has 0 aromatic heterocycles. The molecule has 0 saturated carbocycles. The molecule has 0 aliphatic heterocycles. The first-order chi connectivity index (χ1) is 5.55. The molecule has 0 fully saturated rings. The van der Waals surface area contributed by atoms with Crippen molar-refractivity contribution < 1.29 is 8.42 Å². The van der Waals surface area contributed by atoms with Crippen LogP contribution in [0.25, 0.3) is 0 Å². The Morgan fingerprint density at radius 2 is 1.92 bits per heavy atom. The first kappa shape index (κ1) is 11.9. The van der Waals surface area contributed by atoms with Gasteiger partial charge in [0, 0.05) is 13.1 Å². The second kappa shape index (κ2) is 5.50. The molecule has 0 spiro atoms. The second-order valence-electron chi connectivity index (χ2n) is 2.72. The predicted molar refractivity (Wildman–Crippen MR) is 50.1 cm³/mol. The van der Waals surface area contributed by atoms with E-state index in [1.807, 2.05) is 13.8 Å². The lowest BCUT2D eigenvalue weighted by Crippen LogP contribution is -2.40. The zero-order valence-corrected chi connectivity index (χ0v) is 8.74. The molecule has 74 valence electrons. The van der Waals surface area contributed by atoms with Gasteiger partial charge in [-0.15, -0.1) is 0 Å². The van der Waals surface area contributed by atoms with E-state index in [1.54, 1.807) is 0 Å². The average Bonchev–Trinajstić information content (AvgIpc) is 2.03. The van der Waals surface area contributed by atoms with Gasteiger partial charge in [0.2, 0.25) is 0 Å². The molecule has 0 unspecified atom stereocenters. The van der Waals surface area contributed by atoms with E-state index in [9.17, 15) is 8.42 Å². The molecule has 0 heterocycles. The summed E-state index contributed by atoms with van der Waals surface area (Å²) >= 11 is 0. The molecule has 0 aliphatic carbocycles. The van der Waals surface area contributed by atoms with Crippen LogP contribution in [-0.2, 0) is 10.2 Å². The molecule has 0 saturated heterocycles. The standard InChI is InChI=1S/C7H18N2O2S/c1-4-6-7(5-2)9-12(10,11)8-3/h7-9H,4-6H2,1-3H3/t7-/m0/s1. The first-order valence-electron chi connectivity index (χ1n) is 4.26. The van der Waals surface area contributed by atoms with Gasteiger partial charge in [-0.05, 0) is 12.8 Å². The fraction of sp³-hybridized carbons (Fsp3) is 1.00. The van der Waals surface area contributed by atoms with E-state index in [4.69, 9.17) is 0 Å². The van der Waals surface area contributed by atoms with E-state index in [-0.39, 0.29) is 6.04 Å². The van der Waals surface area contributed by atoms with Crippen LogP contribution in [0.2, 0.25) is 0 Å². The maximum absolute atomic E-state index is 11.0. The van der Waals surface area contributed by atoms with Crippen LogP contribution < -0.4 is 9.44 Å². The average molecular weight is 194 g/mol. The monoisotopic (exact) mass is 194 g/mol. The molecule has 0 radical (unpaired) electrons. The third-order valence-electron chi connectivity index (χ3n) is 1.72. The molecule has 12 heavy (non-hydrogen) atoms. The zero-order chi connectivity index (χ0) is 9.61.